The fourth-order valence-electron chi connectivity index (χ4n) is 3.46. The van der Waals surface area contributed by atoms with Gasteiger partial charge in [0.05, 0.1) is 0 Å². The van der Waals surface area contributed by atoms with Gasteiger partial charge in [-0.2, -0.15) is 0 Å². The maximum atomic E-state index is 12.5. The van der Waals surface area contributed by atoms with Crippen molar-refractivity contribution in [2.24, 2.45) is 0 Å². The van der Waals surface area contributed by atoms with Crippen LogP contribution >= 0.6 is 0 Å². The van der Waals surface area contributed by atoms with E-state index in [-0.39, 0.29) is 11.7 Å². The third kappa shape index (κ3) is 10.8. The summed E-state index contributed by atoms with van der Waals surface area (Å²) in [6.07, 6.45) is 19.7. The normalized spacial score (nSPS) is 11.3. The van der Waals surface area contributed by atoms with Gasteiger partial charge in [-0.15, -0.1) is 0 Å². The van der Waals surface area contributed by atoms with E-state index in [1.54, 1.807) is 48.5 Å². The molecule has 33 heavy (non-hydrogen) atoms. The van der Waals surface area contributed by atoms with E-state index in [1.807, 2.05) is 0 Å². The van der Waals surface area contributed by atoms with Crippen LogP contribution in [0.5, 0.6) is 0 Å². The number of hydrogen-bond donors (Lipinski definition) is 2. The molecule has 2 aromatic rings. The molecular formula is C29H38N2O2. The van der Waals surface area contributed by atoms with Crippen molar-refractivity contribution in [3.05, 3.63) is 84.0 Å². The summed E-state index contributed by atoms with van der Waals surface area (Å²) in [4.78, 5) is 24.7. The molecule has 4 heteroatoms. The number of ketones is 1. The Morgan fingerprint density at radius 1 is 0.758 bits per heavy atom. The Bertz CT molecular complexity index is 896. The van der Waals surface area contributed by atoms with E-state index >= 15 is 0 Å². The molecule has 0 aliphatic heterocycles. The van der Waals surface area contributed by atoms with Gasteiger partial charge in [0, 0.05) is 28.9 Å². The van der Waals surface area contributed by atoms with Crippen LogP contribution in [0.15, 0.2) is 72.8 Å². The highest BCUT2D eigenvalue weighted by Crippen LogP contribution is 2.16. The second kappa shape index (κ2) is 15.6. The molecule has 0 aliphatic carbocycles. The quantitative estimate of drug-likeness (QED) is 0.129. The Labute approximate surface area is 199 Å². The Morgan fingerprint density at radius 3 is 1.97 bits per heavy atom. The van der Waals surface area contributed by atoms with Gasteiger partial charge in [0.2, 0.25) is 5.91 Å². The van der Waals surface area contributed by atoms with Crippen LogP contribution in [0.25, 0.3) is 0 Å². The van der Waals surface area contributed by atoms with Gasteiger partial charge in [-0.25, -0.2) is 0 Å². The van der Waals surface area contributed by atoms with Crippen molar-refractivity contribution >= 4 is 23.1 Å². The Morgan fingerprint density at radius 2 is 1.33 bits per heavy atom. The first kappa shape index (κ1) is 26.1. The van der Waals surface area contributed by atoms with Crippen LogP contribution in [0, 0.1) is 0 Å². The molecule has 3 N–H and O–H groups in total. The summed E-state index contributed by atoms with van der Waals surface area (Å²) in [5.74, 6) is -0.0477. The Kier molecular flexibility index (Phi) is 12.4. The standard InChI is InChI=1S/C29H38N2O2/c1-2-3-4-5-6-7-8-9-10-11-12-13-14-15-28(32)31-27-22-18-25(19-23-27)29(33)24-16-20-26(30)21-17-24/h5-6,8-9,16-23H,2-4,7,10-15,30H2,1H3,(H,31,32). The van der Waals surface area contributed by atoms with Gasteiger partial charge < -0.3 is 11.1 Å². The van der Waals surface area contributed by atoms with E-state index < -0.39 is 0 Å². The lowest BCUT2D eigenvalue weighted by molar-refractivity contribution is -0.116. The molecule has 0 atom stereocenters. The number of unbranched alkanes of at least 4 members (excludes halogenated alkanes) is 6. The zero-order chi connectivity index (χ0) is 23.7. The molecule has 0 saturated heterocycles. The van der Waals surface area contributed by atoms with Crippen LogP contribution in [0.1, 0.15) is 87.1 Å². The van der Waals surface area contributed by atoms with Gasteiger partial charge in [-0.1, -0.05) is 56.9 Å². The van der Waals surface area contributed by atoms with E-state index in [4.69, 9.17) is 5.73 Å². The maximum absolute atomic E-state index is 12.5. The van der Waals surface area contributed by atoms with Crippen molar-refractivity contribution in [2.45, 2.75) is 71.1 Å². The zero-order valence-electron chi connectivity index (χ0n) is 19.9. The third-order valence-corrected chi connectivity index (χ3v) is 5.46. The predicted molar refractivity (Wildman–Crippen MR) is 139 cm³/mol. The number of allylic oxidation sites excluding steroid dienone is 4. The molecule has 0 heterocycles. The summed E-state index contributed by atoms with van der Waals surface area (Å²) < 4.78 is 0. The average molecular weight is 447 g/mol. The lowest BCUT2D eigenvalue weighted by Crippen LogP contribution is -2.11. The molecule has 0 aromatic heterocycles. The van der Waals surface area contributed by atoms with E-state index in [9.17, 15) is 9.59 Å². The topological polar surface area (TPSA) is 72.2 Å². The predicted octanol–water partition coefficient (Wildman–Crippen LogP) is 7.47. The number of rotatable bonds is 15. The van der Waals surface area contributed by atoms with Crippen LogP contribution in [0.2, 0.25) is 0 Å². The molecule has 0 unspecified atom stereocenters. The Balaban J connectivity index is 1.58. The number of nitrogens with one attached hydrogen (secondary N) is 1. The minimum Gasteiger partial charge on any atom is -0.399 e. The molecule has 0 radical (unpaired) electrons. The molecular weight excluding hydrogens is 408 g/mol. The smallest absolute Gasteiger partial charge is 0.224 e. The summed E-state index contributed by atoms with van der Waals surface area (Å²) in [7, 11) is 0. The third-order valence-electron chi connectivity index (χ3n) is 5.46. The number of carbonyl (C=O) groups excluding carboxylic acids is 2. The van der Waals surface area contributed by atoms with E-state index in [0.29, 0.717) is 28.9 Å². The number of benzene rings is 2. The van der Waals surface area contributed by atoms with E-state index in [1.165, 1.54) is 25.7 Å². The van der Waals surface area contributed by atoms with Crippen molar-refractivity contribution < 1.29 is 9.59 Å². The molecule has 2 aromatic carbocycles. The first-order chi connectivity index (χ1) is 16.1. The van der Waals surface area contributed by atoms with Gasteiger partial charge in [-0.05, 0) is 80.6 Å². The van der Waals surface area contributed by atoms with Crippen molar-refractivity contribution in [1.29, 1.82) is 0 Å². The highest BCUT2D eigenvalue weighted by molar-refractivity contribution is 6.09. The van der Waals surface area contributed by atoms with Crippen LogP contribution < -0.4 is 11.1 Å². The van der Waals surface area contributed by atoms with Crippen LogP contribution in [-0.2, 0) is 4.79 Å². The minimum atomic E-state index is -0.0637. The molecule has 0 bridgehead atoms. The largest absolute Gasteiger partial charge is 0.399 e. The molecule has 0 aliphatic rings. The van der Waals surface area contributed by atoms with Gasteiger partial charge in [0.25, 0.3) is 0 Å². The Hall–Kier alpha value is -3.14. The molecule has 176 valence electrons. The van der Waals surface area contributed by atoms with Crippen molar-refractivity contribution in [1.82, 2.24) is 0 Å². The minimum absolute atomic E-state index is 0.0161. The maximum Gasteiger partial charge on any atom is 0.224 e. The number of hydrogen-bond acceptors (Lipinski definition) is 3. The number of carbonyl (C=O) groups is 2. The van der Waals surface area contributed by atoms with Gasteiger partial charge in [0.1, 0.15) is 0 Å². The zero-order valence-corrected chi connectivity index (χ0v) is 19.9. The van der Waals surface area contributed by atoms with E-state index in [0.717, 1.165) is 32.1 Å². The molecule has 4 nitrogen and oxygen atoms in total. The summed E-state index contributed by atoms with van der Waals surface area (Å²) in [5.41, 5.74) is 8.19. The van der Waals surface area contributed by atoms with Crippen molar-refractivity contribution in [3.63, 3.8) is 0 Å². The number of amides is 1. The van der Waals surface area contributed by atoms with Crippen LogP contribution in [-0.4, -0.2) is 11.7 Å². The summed E-state index contributed by atoms with van der Waals surface area (Å²) in [6, 6.07) is 13.9. The van der Waals surface area contributed by atoms with Gasteiger partial charge >= 0.3 is 0 Å². The lowest BCUT2D eigenvalue weighted by Gasteiger charge is -2.07. The number of nitrogen functional groups attached to an aromatic ring is 1. The molecule has 2 rings (SSSR count). The summed E-state index contributed by atoms with van der Waals surface area (Å²) in [6.45, 7) is 2.22. The second-order valence-corrected chi connectivity index (χ2v) is 8.35. The first-order valence-electron chi connectivity index (χ1n) is 12.2. The van der Waals surface area contributed by atoms with Crippen LogP contribution in [0.3, 0.4) is 0 Å². The fraction of sp³-hybridized carbons (Fsp3) is 0.379. The second-order valence-electron chi connectivity index (χ2n) is 8.35. The van der Waals surface area contributed by atoms with Gasteiger partial charge in [0.15, 0.2) is 5.78 Å². The average Bonchev–Trinajstić information content (AvgIpc) is 2.82. The van der Waals surface area contributed by atoms with Gasteiger partial charge in [-0.3, -0.25) is 9.59 Å². The monoisotopic (exact) mass is 446 g/mol. The van der Waals surface area contributed by atoms with Crippen LogP contribution in [0.4, 0.5) is 11.4 Å². The fourth-order valence-corrected chi connectivity index (χ4v) is 3.46. The van der Waals surface area contributed by atoms with Crippen molar-refractivity contribution in [3.8, 4) is 0 Å². The number of nitrogens with two attached hydrogens (primary N) is 1. The summed E-state index contributed by atoms with van der Waals surface area (Å²) >= 11 is 0. The first-order valence-corrected chi connectivity index (χ1v) is 12.2. The lowest BCUT2D eigenvalue weighted by atomic mass is 10.0. The molecule has 0 spiro atoms. The SMILES string of the molecule is CCCCC=CCC=CCCCCCCC(=O)Nc1ccc(C(=O)c2ccc(N)cc2)cc1. The highest BCUT2D eigenvalue weighted by Gasteiger charge is 2.09. The molecule has 0 fully saturated rings. The van der Waals surface area contributed by atoms with E-state index in [2.05, 4.69) is 36.5 Å². The molecule has 1 amide bonds. The van der Waals surface area contributed by atoms with Crippen molar-refractivity contribution in [2.75, 3.05) is 11.1 Å². The molecule has 0 saturated carbocycles. The summed E-state index contributed by atoms with van der Waals surface area (Å²) in [5, 5.41) is 2.91. The highest BCUT2D eigenvalue weighted by atomic mass is 16.1. The number of anilines is 2.